The average Bonchev–Trinajstić information content (AvgIpc) is 2.10. The highest BCUT2D eigenvalue weighted by Crippen LogP contribution is 2.30. The smallest absolute Gasteiger partial charge is 0.134 e. The Morgan fingerprint density at radius 2 is 2.07 bits per heavy atom. The Balaban J connectivity index is 3.14. The van der Waals surface area contributed by atoms with Crippen molar-refractivity contribution in [3.8, 4) is 11.5 Å². The molecule has 1 aromatic rings. The second kappa shape index (κ2) is 4.11. The minimum atomic E-state index is -0.0808. The number of benzene rings is 1. The van der Waals surface area contributed by atoms with Crippen LogP contribution in [0.4, 0.5) is 0 Å². The van der Waals surface area contributed by atoms with Crippen LogP contribution in [0, 0.1) is 0 Å². The lowest BCUT2D eigenvalue weighted by molar-refractivity contribution is -0.116. The van der Waals surface area contributed by atoms with E-state index in [1.54, 1.807) is 0 Å². The van der Waals surface area contributed by atoms with E-state index >= 15 is 0 Å². The fraction of sp³-hybridized carbons (Fsp3) is 0.300. The average molecular weight is 195 g/mol. The molecule has 0 amide bonds. The minimum absolute atomic E-state index is 0.0442. The van der Waals surface area contributed by atoms with Gasteiger partial charge in [0, 0.05) is 24.1 Å². The van der Waals surface area contributed by atoms with E-state index in [1.165, 1.54) is 19.1 Å². The first-order chi connectivity index (χ1) is 6.56. The van der Waals surface area contributed by atoms with Gasteiger partial charge in [-0.15, -0.1) is 0 Å². The zero-order chi connectivity index (χ0) is 10.7. The Hall–Kier alpha value is -1.55. The molecule has 0 aromatic heterocycles. The summed E-state index contributed by atoms with van der Waals surface area (Å²) >= 11 is 0. The number of hydrogen-bond donors (Lipinski definition) is 3. The molecule has 0 fully saturated rings. The first-order valence-corrected chi connectivity index (χ1v) is 4.28. The Morgan fingerprint density at radius 1 is 1.43 bits per heavy atom. The van der Waals surface area contributed by atoms with Gasteiger partial charge in [-0.2, -0.15) is 0 Å². The van der Waals surface area contributed by atoms with Crippen molar-refractivity contribution in [1.82, 2.24) is 0 Å². The second-order valence-electron chi connectivity index (χ2n) is 3.15. The van der Waals surface area contributed by atoms with E-state index in [1.807, 2.05) is 0 Å². The Kier molecular flexibility index (Phi) is 3.09. The summed E-state index contributed by atoms with van der Waals surface area (Å²) in [7, 11) is 0. The van der Waals surface area contributed by atoms with Crippen molar-refractivity contribution in [3.63, 3.8) is 0 Å². The standard InChI is InChI=1S/C10H13NO3/c1-6(12)4-7-2-3-9(13)8(5-11)10(7)14/h2-3,13-14H,4-5,11H2,1H3. The Labute approximate surface area is 82.0 Å². The van der Waals surface area contributed by atoms with Crippen LogP contribution in [0.25, 0.3) is 0 Å². The van der Waals surface area contributed by atoms with Gasteiger partial charge < -0.3 is 15.9 Å². The third-order valence-electron chi connectivity index (χ3n) is 1.99. The number of phenolic OH excluding ortho intramolecular Hbond substituents is 2. The van der Waals surface area contributed by atoms with E-state index in [0.717, 1.165) is 0 Å². The van der Waals surface area contributed by atoms with Crippen LogP contribution in [-0.4, -0.2) is 16.0 Å². The fourth-order valence-corrected chi connectivity index (χ4v) is 1.29. The van der Waals surface area contributed by atoms with E-state index in [0.29, 0.717) is 5.56 Å². The first kappa shape index (κ1) is 10.5. The lowest BCUT2D eigenvalue weighted by atomic mass is 10.0. The third-order valence-corrected chi connectivity index (χ3v) is 1.99. The molecule has 0 bridgehead atoms. The van der Waals surface area contributed by atoms with Crippen LogP contribution < -0.4 is 5.73 Å². The monoisotopic (exact) mass is 195 g/mol. The van der Waals surface area contributed by atoms with Crippen LogP contribution in [0.15, 0.2) is 12.1 Å². The van der Waals surface area contributed by atoms with Crippen LogP contribution in [-0.2, 0) is 17.8 Å². The van der Waals surface area contributed by atoms with Gasteiger partial charge in [0.25, 0.3) is 0 Å². The van der Waals surface area contributed by atoms with Crippen LogP contribution in [0.5, 0.6) is 11.5 Å². The second-order valence-corrected chi connectivity index (χ2v) is 3.15. The summed E-state index contributed by atoms with van der Waals surface area (Å²) in [6.45, 7) is 1.48. The maximum absolute atomic E-state index is 10.8. The van der Waals surface area contributed by atoms with E-state index < -0.39 is 0 Å². The molecule has 0 atom stereocenters. The van der Waals surface area contributed by atoms with Crippen molar-refractivity contribution in [1.29, 1.82) is 0 Å². The highest BCUT2D eigenvalue weighted by Gasteiger charge is 2.11. The number of carbonyl (C=O) groups excluding carboxylic acids is 1. The Morgan fingerprint density at radius 3 is 2.57 bits per heavy atom. The predicted octanol–water partition coefficient (Wildman–Crippen LogP) is 0.688. The molecule has 14 heavy (non-hydrogen) atoms. The molecule has 4 heteroatoms. The van der Waals surface area contributed by atoms with Gasteiger partial charge in [0.2, 0.25) is 0 Å². The summed E-state index contributed by atoms with van der Waals surface area (Å²) in [5.41, 5.74) is 6.12. The molecular weight excluding hydrogens is 182 g/mol. The summed E-state index contributed by atoms with van der Waals surface area (Å²) in [6.07, 6.45) is 0.152. The maximum Gasteiger partial charge on any atom is 0.134 e. The van der Waals surface area contributed by atoms with Gasteiger partial charge in [0.05, 0.1) is 0 Å². The van der Waals surface area contributed by atoms with Crippen molar-refractivity contribution < 1.29 is 15.0 Å². The molecular formula is C10H13NO3. The summed E-state index contributed by atoms with van der Waals surface area (Å²) < 4.78 is 0. The van der Waals surface area contributed by atoms with Gasteiger partial charge in [0.15, 0.2) is 0 Å². The Bertz CT molecular complexity index is 361. The van der Waals surface area contributed by atoms with Crippen molar-refractivity contribution in [3.05, 3.63) is 23.3 Å². The van der Waals surface area contributed by atoms with Crippen molar-refractivity contribution in [2.45, 2.75) is 19.9 Å². The summed E-state index contributed by atoms with van der Waals surface area (Å²) in [4.78, 5) is 10.8. The molecule has 0 unspecified atom stereocenters. The molecule has 76 valence electrons. The lowest BCUT2D eigenvalue weighted by Gasteiger charge is -2.08. The number of Topliss-reactive ketones (excluding diaryl/α,β-unsaturated/α-hetero) is 1. The highest BCUT2D eigenvalue weighted by molar-refractivity contribution is 5.79. The number of hydrogen-bond acceptors (Lipinski definition) is 4. The molecule has 0 saturated carbocycles. The third kappa shape index (κ3) is 2.03. The molecule has 0 aliphatic carbocycles. The van der Waals surface area contributed by atoms with Crippen molar-refractivity contribution >= 4 is 5.78 Å². The van der Waals surface area contributed by atoms with Crippen LogP contribution in [0.3, 0.4) is 0 Å². The first-order valence-electron chi connectivity index (χ1n) is 4.28. The fourth-order valence-electron chi connectivity index (χ4n) is 1.29. The maximum atomic E-state index is 10.8. The van der Waals surface area contributed by atoms with Gasteiger partial charge in [-0.05, 0) is 13.0 Å². The van der Waals surface area contributed by atoms with Gasteiger partial charge >= 0.3 is 0 Å². The minimum Gasteiger partial charge on any atom is -0.507 e. The van der Waals surface area contributed by atoms with Crippen LogP contribution in [0.2, 0.25) is 0 Å². The molecule has 0 radical (unpaired) electrons. The molecule has 4 N–H and O–H groups in total. The predicted molar refractivity (Wildman–Crippen MR) is 52.0 cm³/mol. The van der Waals surface area contributed by atoms with Crippen LogP contribution in [0.1, 0.15) is 18.1 Å². The number of phenols is 2. The van der Waals surface area contributed by atoms with Crippen molar-refractivity contribution in [2.24, 2.45) is 5.73 Å². The zero-order valence-electron chi connectivity index (χ0n) is 7.95. The molecule has 0 spiro atoms. The van der Waals surface area contributed by atoms with Crippen molar-refractivity contribution in [2.75, 3.05) is 0 Å². The van der Waals surface area contributed by atoms with E-state index in [9.17, 15) is 15.0 Å². The summed E-state index contributed by atoms with van der Waals surface area (Å²) in [5, 5.41) is 19.0. The molecule has 0 saturated heterocycles. The van der Waals surface area contributed by atoms with E-state index in [2.05, 4.69) is 0 Å². The molecule has 0 aliphatic heterocycles. The lowest BCUT2D eigenvalue weighted by Crippen LogP contribution is -2.02. The highest BCUT2D eigenvalue weighted by atomic mass is 16.3. The normalized spacial score (nSPS) is 10.1. The molecule has 1 aromatic carbocycles. The van der Waals surface area contributed by atoms with Gasteiger partial charge in [-0.1, -0.05) is 6.07 Å². The van der Waals surface area contributed by atoms with Gasteiger partial charge in [0.1, 0.15) is 17.3 Å². The molecule has 0 heterocycles. The molecule has 4 nitrogen and oxygen atoms in total. The number of rotatable bonds is 3. The molecule has 1 rings (SSSR count). The largest absolute Gasteiger partial charge is 0.507 e. The topological polar surface area (TPSA) is 83.5 Å². The number of ketones is 1. The summed E-state index contributed by atoms with van der Waals surface area (Å²) in [5.74, 6) is -0.172. The summed E-state index contributed by atoms with van der Waals surface area (Å²) in [6, 6.07) is 2.95. The number of carbonyl (C=O) groups is 1. The van der Waals surface area contributed by atoms with Gasteiger partial charge in [-0.25, -0.2) is 0 Å². The quantitative estimate of drug-likeness (QED) is 0.662. The van der Waals surface area contributed by atoms with Crippen LogP contribution >= 0.6 is 0 Å². The SMILES string of the molecule is CC(=O)Cc1ccc(O)c(CN)c1O. The zero-order valence-corrected chi connectivity index (χ0v) is 7.95. The number of nitrogens with two attached hydrogens (primary N) is 1. The van der Waals surface area contributed by atoms with E-state index in [-0.39, 0.29) is 35.8 Å². The van der Waals surface area contributed by atoms with Gasteiger partial charge in [-0.3, -0.25) is 4.79 Å². The molecule has 0 aliphatic rings. The van der Waals surface area contributed by atoms with E-state index in [4.69, 9.17) is 5.73 Å². The number of aromatic hydroxyl groups is 2.